The zero-order valence-electron chi connectivity index (χ0n) is 12.3. The van der Waals surface area contributed by atoms with Gasteiger partial charge in [-0.3, -0.25) is 0 Å². The Hall–Kier alpha value is -3.17. The van der Waals surface area contributed by atoms with Crippen LogP contribution < -0.4 is 4.74 Å². The van der Waals surface area contributed by atoms with E-state index in [2.05, 4.69) is 22.5 Å². The van der Waals surface area contributed by atoms with Gasteiger partial charge in [-0.2, -0.15) is 0 Å². The van der Waals surface area contributed by atoms with Gasteiger partial charge in [-0.25, -0.2) is 4.79 Å². The third kappa shape index (κ3) is 3.48. The van der Waals surface area contributed by atoms with E-state index in [1.54, 1.807) is 49.6 Å². The second kappa shape index (κ2) is 7.02. The molecular formula is C19H14O3. The normalized spacial score (nSPS) is 9.14. The zero-order valence-corrected chi connectivity index (χ0v) is 12.3. The number of benzene rings is 2. The summed E-state index contributed by atoms with van der Waals surface area (Å²) >= 11 is 0. The first kappa shape index (κ1) is 15.2. The standard InChI is InChI=1S/C19H14O3/c1-4-15-11-12-18(21-2)13-17(15)10-7-14-5-8-16(9-6-14)19(20)22-3/h1,5-6,8-9,11-13H,2-3H3. The molecule has 0 aliphatic heterocycles. The summed E-state index contributed by atoms with van der Waals surface area (Å²) in [5.41, 5.74) is 2.69. The predicted octanol–water partition coefficient (Wildman–Crippen LogP) is 2.86. The fourth-order valence-electron chi connectivity index (χ4n) is 1.83. The summed E-state index contributed by atoms with van der Waals surface area (Å²) < 4.78 is 9.82. The third-order valence-electron chi connectivity index (χ3n) is 3.03. The van der Waals surface area contributed by atoms with Crippen LogP contribution in [0.25, 0.3) is 0 Å². The number of hydrogen-bond donors (Lipinski definition) is 0. The summed E-state index contributed by atoms with van der Waals surface area (Å²) in [5.74, 6) is 8.97. The highest BCUT2D eigenvalue weighted by molar-refractivity contribution is 5.89. The van der Waals surface area contributed by atoms with Gasteiger partial charge in [0.1, 0.15) is 5.75 Å². The number of terminal acetylenes is 1. The van der Waals surface area contributed by atoms with Crippen LogP contribution in [0.15, 0.2) is 42.5 Å². The van der Waals surface area contributed by atoms with E-state index in [0.717, 1.165) is 11.1 Å². The van der Waals surface area contributed by atoms with Crippen molar-refractivity contribution in [3.63, 3.8) is 0 Å². The Morgan fingerprint density at radius 3 is 2.32 bits per heavy atom. The van der Waals surface area contributed by atoms with E-state index in [1.807, 2.05) is 0 Å². The Morgan fingerprint density at radius 2 is 1.73 bits per heavy atom. The molecule has 0 amide bonds. The van der Waals surface area contributed by atoms with Crippen molar-refractivity contribution in [2.75, 3.05) is 14.2 Å². The van der Waals surface area contributed by atoms with Gasteiger partial charge in [-0.05, 0) is 42.5 Å². The fourth-order valence-corrected chi connectivity index (χ4v) is 1.83. The third-order valence-corrected chi connectivity index (χ3v) is 3.03. The quantitative estimate of drug-likeness (QED) is 0.630. The van der Waals surface area contributed by atoms with Gasteiger partial charge in [0.2, 0.25) is 0 Å². The van der Waals surface area contributed by atoms with E-state index in [0.29, 0.717) is 16.9 Å². The topological polar surface area (TPSA) is 35.5 Å². The van der Waals surface area contributed by atoms with Crippen LogP contribution in [-0.4, -0.2) is 20.2 Å². The van der Waals surface area contributed by atoms with Crippen molar-refractivity contribution in [3.8, 4) is 29.9 Å². The summed E-state index contributed by atoms with van der Waals surface area (Å²) in [4.78, 5) is 11.4. The lowest BCUT2D eigenvalue weighted by Crippen LogP contribution is -2.00. The highest BCUT2D eigenvalue weighted by atomic mass is 16.5. The van der Waals surface area contributed by atoms with Crippen LogP contribution in [0.4, 0.5) is 0 Å². The molecule has 2 aromatic rings. The maximum Gasteiger partial charge on any atom is 0.337 e. The van der Waals surface area contributed by atoms with E-state index in [4.69, 9.17) is 11.2 Å². The van der Waals surface area contributed by atoms with Crippen molar-refractivity contribution in [1.82, 2.24) is 0 Å². The maximum atomic E-state index is 11.4. The number of carbonyl (C=O) groups excluding carboxylic acids is 1. The second-order valence-electron chi connectivity index (χ2n) is 4.37. The minimum atomic E-state index is -0.373. The molecule has 0 aliphatic rings. The predicted molar refractivity (Wildman–Crippen MR) is 84.7 cm³/mol. The molecule has 0 aliphatic carbocycles. The van der Waals surface area contributed by atoms with Gasteiger partial charge in [0, 0.05) is 16.7 Å². The fraction of sp³-hybridized carbons (Fsp3) is 0.105. The van der Waals surface area contributed by atoms with Crippen molar-refractivity contribution in [2.24, 2.45) is 0 Å². The highest BCUT2D eigenvalue weighted by Gasteiger charge is 2.03. The molecule has 0 atom stereocenters. The molecule has 0 radical (unpaired) electrons. The lowest BCUT2D eigenvalue weighted by atomic mass is 10.1. The number of ether oxygens (including phenoxy) is 2. The molecule has 0 saturated heterocycles. The Balaban J connectivity index is 2.30. The molecular weight excluding hydrogens is 276 g/mol. The molecule has 2 rings (SSSR count). The summed E-state index contributed by atoms with van der Waals surface area (Å²) in [5, 5.41) is 0. The molecule has 0 N–H and O–H groups in total. The Bertz CT molecular complexity index is 784. The van der Waals surface area contributed by atoms with E-state index in [-0.39, 0.29) is 5.97 Å². The van der Waals surface area contributed by atoms with E-state index < -0.39 is 0 Å². The molecule has 22 heavy (non-hydrogen) atoms. The molecule has 3 nitrogen and oxygen atoms in total. The summed E-state index contributed by atoms with van der Waals surface area (Å²) in [7, 11) is 2.94. The van der Waals surface area contributed by atoms with E-state index >= 15 is 0 Å². The highest BCUT2D eigenvalue weighted by Crippen LogP contribution is 2.16. The van der Waals surface area contributed by atoms with Gasteiger partial charge >= 0.3 is 5.97 Å². The monoisotopic (exact) mass is 290 g/mol. The van der Waals surface area contributed by atoms with Crippen LogP contribution >= 0.6 is 0 Å². The molecule has 0 bridgehead atoms. The molecule has 0 spiro atoms. The average Bonchev–Trinajstić information content (AvgIpc) is 2.59. The van der Waals surface area contributed by atoms with E-state index in [9.17, 15) is 4.79 Å². The average molecular weight is 290 g/mol. The first-order chi connectivity index (χ1) is 10.7. The molecule has 3 heteroatoms. The maximum absolute atomic E-state index is 11.4. The van der Waals surface area contributed by atoms with Crippen molar-refractivity contribution < 1.29 is 14.3 Å². The first-order valence-electron chi connectivity index (χ1n) is 6.53. The molecule has 2 aromatic carbocycles. The van der Waals surface area contributed by atoms with E-state index in [1.165, 1.54) is 7.11 Å². The molecule has 0 unspecified atom stereocenters. The SMILES string of the molecule is C#Cc1ccc(OC)cc1C#Cc1ccc(C(=O)OC)cc1. The molecule has 0 fully saturated rings. The van der Waals surface area contributed by atoms with Crippen LogP contribution in [0.5, 0.6) is 5.75 Å². The van der Waals surface area contributed by atoms with Gasteiger partial charge in [-0.1, -0.05) is 17.8 Å². The smallest absolute Gasteiger partial charge is 0.337 e. The number of methoxy groups -OCH3 is 2. The molecule has 108 valence electrons. The van der Waals surface area contributed by atoms with Crippen LogP contribution in [0.2, 0.25) is 0 Å². The number of rotatable bonds is 2. The first-order valence-corrected chi connectivity index (χ1v) is 6.53. The van der Waals surface area contributed by atoms with Crippen LogP contribution in [-0.2, 0) is 4.74 Å². The summed E-state index contributed by atoms with van der Waals surface area (Å²) in [6.07, 6.45) is 5.47. The number of esters is 1. The van der Waals surface area contributed by atoms with Gasteiger partial charge in [-0.15, -0.1) is 6.42 Å². The summed E-state index contributed by atoms with van der Waals surface area (Å²) in [6, 6.07) is 12.2. The lowest BCUT2D eigenvalue weighted by Gasteiger charge is -2.02. The van der Waals surface area contributed by atoms with Gasteiger partial charge in [0.15, 0.2) is 0 Å². The zero-order chi connectivity index (χ0) is 15.9. The Labute approximate surface area is 129 Å². The van der Waals surface area contributed by atoms with Crippen LogP contribution in [0.3, 0.4) is 0 Å². The largest absolute Gasteiger partial charge is 0.497 e. The van der Waals surface area contributed by atoms with Crippen LogP contribution in [0, 0.1) is 24.2 Å². The van der Waals surface area contributed by atoms with Crippen molar-refractivity contribution in [3.05, 3.63) is 64.7 Å². The second-order valence-corrected chi connectivity index (χ2v) is 4.37. The summed E-state index contributed by atoms with van der Waals surface area (Å²) in [6.45, 7) is 0. The van der Waals surface area contributed by atoms with Crippen molar-refractivity contribution in [2.45, 2.75) is 0 Å². The minimum absolute atomic E-state index is 0.373. The molecule has 0 heterocycles. The number of hydrogen-bond acceptors (Lipinski definition) is 3. The van der Waals surface area contributed by atoms with Gasteiger partial charge in [0.05, 0.1) is 19.8 Å². The van der Waals surface area contributed by atoms with Crippen molar-refractivity contribution in [1.29, 1.82) is 0 Å². The molecule has 0 aromatic heterocycles. The Morgan fingerprint density at radius 1 is 1.00 bits per heavy atom. The van der Waals surface area contributed by atoms with Gasteiger partial charge in [0.25, 0.3) is 0 Å². The van der Waals surface area contributed by atoms with Crippen molar-refractivity contribution >= 4 is 5.97 Å². The van der Waals surface area contributed by atoms with Crippen LogP contribution in [0.1, 0.15) is 27.0 Å². The van der Waals surface area contributed by atoms with Gasteiger partial charge < -0.3 is 9.47 Å². The number of carbonyl (C=O) groups is 1. The minimum Gasteiger partial charge on any atom is -0.497 e. The molecule has 0 saturated carbocycles. The lowest BCUT2D eigenvalue weighted by molar-refractivity contribution is 0.0600. The Kier molecular flexibility index (Phi) is 4.85.